The Morgan fingerprint density at radius 1 is 1.50 bits per heavy atom. The van der Waals surface area contributed by atoms with Gasteiger partial charge >= 0.3 is 0 Å². The molecule has 0 saturated heterocycles. The van der Waals surface area contributed by atoms with Gasteiger partial charge in [0.2, 0.25) is 0 Å². The van der Waals surface area contributed by atoms with E-state index < -0.39 is 0 Å². The van der Waals surface area contributed by atoms with Crippen molar-refractivity contribution in [3.8, 4) is 0 Å². The van der Waals surface area contributed by atoms with Crippen molar-refractivity contribution in [1.82, 2.24) is 10.3 Å². The number of methoxy groups -OCH3 is 1. The van der Waals surface area contributed by atoms with Gasteiger partial charge in [-0.2, -0.15) is 0 Å². The van der Waals surface area contributed by atoms with Crippen LogP contribution in [0, 0.1) is 0 Å². The minimum absolute atomic E-state index is 0.550. The second kappa shape index (κ2) is 4.21. The highest BCUT2D eigenvalue weighted by atomic mass is 16.5. The van der Waals surface area contributed by atoms with Gasteiger partial charge < -0.3 is 9.15 Å². The van der Waals surface area contributed by atoms with E-state index in [1.807, 2.05) is 18.2 Å². The molecule has 0 amide bonds. The topological polar surface area (TPSA) is 47.3 Å². The fourth-order valence-electron chi connectivity index (χ4n) is 1.31. The zero-order valence-electron chi connectivity index (χ0n) is 7.99. The Morgan fingerprint density at radius 2 is 2.43 bits per heavy atom. The molecule has 4 nitrogen and oxygen atoms in total. The molecule has 2 rings (SSSR count). The molecule has 14 heavy (non-hydrogen) atoms. The van der Waals surface area contributed by atoms with Gasteiger partial charge in [0, 0.05) is 13.7 Å². The van der Waals surface area contributed by atoms with E-state index in [1.54, 1.807) is 7.11 Å². The molecule has 1 aromatic heterocycles. The lowest BCUT2D eigenvalue weighted by atomic mass is 10.2. The average Bonchev–Trinajstić information content (AvgIpc) is 2.65. The molecule has 0 aliphatic heterocycles. The molecule has 0 aliphatic rings. The van der Waals surface area contributed by atoms with Crippen molar-refractivity contribution in [2.24, 2.45) is 0 Å². The number of hydrogen-bond acceptors (Lipinski definition) is 4. The van der Waals surface area contributed by atoms with Crippen LogP contribution in [-0.4, -0.2) is 18.8 Å². The SMILES string of the molecule is COCNCc1ccc2ncoc2c1. The van der Waals surface area contributed by atoms with E-state index in [4.69, 9.17) is 9.15 Å². The van der Waals surface area contributed by atoms with Crippen LogP contribution in [0.3, 0.4) is 0 Å². The van der Waals surface area contributed by atoms with Gasteiger partial charge in [-0.15, -0.1) is 0 Å². The van der Waals surface area contributed by atoms with Gasteiger partial charge in [0.1, 0.15) is 5.52 Å². The van der Waals surface area contributed by atoms with E-state index in [-0.39, 0.29) is 0 Å². The van der Waals surface area contributed by atoms with Gasteiger partial charge in [0.05, 0.1) is 6.73 Å². The predicted octanol–water partition coefficient (Wildman–Crippen LogP) is 1.52. The lowest BCUT2D eigenvalue weighted by Gasteiger charge is -2.02. The first-order valence-corrected chi connectivity index (χ1v) is 4.42. The van der Waals surface area contributed by atoms with E-state index in [1.165, 1.54) is 6.39 Å². The Balaban J connectivity index is 2.10. The van der Waals surface area contributed by atoms with E-state index in [0.717, 1.165) is 23.2 Å². The standard InChI is InChI=1S/C10H12N2O2/c1-13-6-11-5-8-2-3-9-10(4-8)14-7-12-9/h2-4,7,11H,5-6H2,1H3. The molecule has 0 bridgehead atoms. The molecule has 0 atom stereocenters. The van der Waals surface area contributed by atoms with Crippen LogP contribution in [0.25, 0.3) is 11.1 Å². The van der Waals surface area contributed by atoms with Crippen LogP contribution in [0.4, 0.5) is 0 Å². The molecule has 1 heterocycles. The first kappa shape index (κ1) is 9.18. The lowest BCUT2D eigenvalue weighted by Crippen LogP contribution is -2.15. The molecule has 0 spiro atoms. The molecule has 2 aromatic rings. The van der Waals surface area contributed by atoms with E-state index in [2.05, 4.69) is 10.3 Å². The number of benzene rings is 1. The van der Waals surface area contributed by atoms with Crippen LogP contribution >= 0.6 is 0 Å². The minimum Gasteiger partial charge on any atom is -0.443 e. The molecule has 0 radical (unpaired) electrons. The van der Waals surface area contributed by atoms with Crippen LogP contribution < -0.4 is 5.32 Å². The second-order valence-electron chi connectivity index (χ2n) is 3.01. The maximum Gasteiger partial charge on any atom is 0.181 e. The Bertz CT molecular complexity index is 411. The van der Waals surface area contributed by atoms with E-state index in [9.17, 15) is 0 Å². The summed E-state index contributed by atoms with van der Waals surface area (Å²) in [7, 11) is 1.66. The van der Waals surface area contributed by atoms with Crippen molar-refractivity contribution in [3.63, 3.8) is 0 Å². The normalized spacial score (nSPS) is 10.9. The third-order valence-corrected chi connectivity index (χ3v) is 1.97. The molecule has 0 saturated carbocycles. The Hall–Kier alpha value is -1.39. The highest BCUT2D eigenvalue weighted by Gasteiger charge is 1.99. The van der Waals surface area contributed by atoms with Gasteiger partial charge in [-0.1, -0.05) is 6.07 Å². The number of fused-ring (bicyclic) bond motifs is 1. The van der Waals surface area contributed by atoms with Crippen molar-refractivity contribution in [2.75, 3.05) is 13.8 Å². The van der Waals surface area contributed by atoms with Crippen LogP contribution in [0.2, 0.25) is 0 Å². The molecular weight excluding hydrogens is 180 g/mol. The quantitative estimate of drug-likeness (QED) is 0.589. The monoisotopic (exact) mass is 192 g/mol. The number of ether oxygens (including phenoxy) is 1. The van der Waals surface area contributed by atoms with Crippen molar-refractivity contribution >= 4 is 11.1 Å². The number of rotatable bonds is 4. The van der Waals surface area contributed by atoms with Crippen LogP contribution in [0.5, 0.6) is 0 Å². The summed E-state index contributed by atoms with van der Waals surface area (Å²) < 4.78 is 10.1. The summed E-state index contributed by atoms with van der Waals surface area (Å²) in [5.41, 5.74) is 2.87. The molecule has 1 aromatic carbocycles. The van der Waals surface area contributed by atoms with Gasteiger partial charge in [-0.25, -0.2) is 4.98 Å². The number of nitrogens with zero attached hydrogens (tertiary/aromatic N) is 1. The number of hydrogen-bond donors (Lipinski definition) is 1. The summed E-state index contributed by atoms with van der Waals surface area (Å²) in [6.45, 7) is 1.32. The summed E-state index contributed by atoms with van der Waals surface area (Å²) in [6, 6.07) is 5.95. The maximum atomic E-state index is 5.19. The third kappa shape index (κ3) is 1.92. The number of nitrogens with one attached hydrogen (secondary N) is 1. The summed E-state index contributed by atoms with van der Waals surface area (Å²) in [4.78, 5) is 4.04. The zero-order valence-corrected chi connectivity index (χ0v) is 7.99. The summed E-state index contributed by atoms with van der Waals surface area (Å²) in [6.07, 6.45) is 1.46. The summed E-state index contributed by atoms with van der Waals surface area (Å²) >= 11 is 0. The van der Waals surface area contributed by atoms with Crippen LogP contribution in [0.1, 0.15) is 5.56 Å². The number of aromatic nitrogens is 1. The smallest absolute Gasteiger partial charge is 0.181 e. The van der Waals surface area contributed by atoms with Crippen molar-refractivity contribution in [2.45, 2.75) is 6.54 Å². The predicted molar refractivity (Wildman–Crippen MR) is 52.7 cm³/mol. The average molecular weight is 192 g/mol. The zero-order chi connectivity index (χ0) is 9.80. The Kier molecular flexibility index (Phi) is 2.76. The molecule has 0 unspecified atom stereocenters. The molecule has 0 aliphatic carbocycles. The number of oxazole rings is 1. The van der Waals surface area contributed by atoms with Crippen molar-refractivity contribution < 1.29 is 9.15 Å². The molecular formula is C10H12N2O2. The second-order valence-corrected chi connectivity index (χ2v) is 3.01. The fourth-order valence-corrected chi connectivity index (χ4v) is 1.31. The summed E-state index contributed by atoms with van der Waals surface area (Å²) in [5, 5.41) is 3.12. The molecule has 0 fully saturated rings. The van der Waals surface area contributed by atoms with Crippen molar-refractivity contribution in [1.29, 1.82) is 0 Å². The first-order chi connectivity index (χ1) is 6.90. The van der Waals surface area contributed by atoms with Gasteiger partial charge in [0.25, 0.3) is 0 Å². The highest BCUT2D eigenvalue weighted by Crippen LogP contribution is 2.13. The van der Waals surface area contributed by atoms with E-state index >= 15 is 0 Å². The minimum atomic E-state index is 0.550. The molecule has 74 valence electrons. The summed E-state index contributed by atoms with van der Waals surface area (Å²) in [5.74, 6) is 0. The third-order valence-electron chi connectivity index (χ3n) is 1.97. The van der Waals surface area contributed by atoms with Gasteiger partial charge in [-0.05, 0) is 17.7 Å². The maximum absolute atomic E-state index is 5.19. The first-order valence-electron chi connectivity index (χ1n) is 4.42. The van der Waals surface area contributed by atoms with Crippen LogP contribution in [0.15, 0.2) is 29.0 Å². The Morgan fingerprint density at radius 3 is 3.29 bits per heavy atom. The lowest BCUT2D eigenvalue weighted by molar-refractivity contribution is 0.174. The largest absolute Gasteiger partial charge is 0.443 e. The Labute approximate surface area is 81.9 Å². The fraction of sp³-hybridized carbons (Fsp3) is 0.300. The van der Waals surface area contributed by atoms with Crippen molar-refractivity contribution in [3.05, 3.63) is 30.2 Å². The van der Waals surface area contributed by atoms with E-state index in [0.29, 0.717) is 6.73 Å². The molecule has 1 N–H and O–H groups in total. The van der Waals surface area contributed by atoms with Gasteiger partial charge in [0.15, 0.2) is 12.0 Å². The highest BCUT2D eigenvalue weighted by molar-refractivity contribution is 5.72. The molecule has 4 heteroatoms. The van der Waals surface area contributed by atoms with Crippen LogP contribution in [-0.2, 0) is 11.3 Å². The van der Waals surface area contributed by atoms with Gasteiger partial charge in [-0.3, -0.25) is 5.32 Å².